The van der Waals surface area contributed by atoms with E-state index in [4.69, 9.17) is 9.47 Å². The lowest BCUT2D eigenvalue weighted by molar-refractivity contribution is 0.271. The van der Waals surface area contributed by atoms with Crippen LogP contribution in [0.25, 0.3) is 0 Å². The number of hydrogen-bond acceptors (Lipinski definition) is 4. The predicted octanol–water partition coefficient (Wildman–Crippen LogP) is 5.58. The largest absolute Gasteiger partial charge is 0.490 e. The van der Waals surface area contributed by atoms with Crippen LogP contribution in [0.5, 0.6) is 11.5 Å². The van der Waals surface area contributed by atoms with E-state index < -0.39 is 0 Å². The molecule has 0 bridgehead atoms. The van der Waals surface area contributed by atoms with Gasteiger partial charge in [-0.05, 0) is 53.8 Å². The molecule has 0 amide bonds. The van der Waals surface area contributed by atoms with Crippen molar-refractivity contribution in [2.45, 2.75) is 26.6 Å². The van der Waals surface area contributed by atoms with E-state index in [0.717, 1.165) is 22.6 Å². The maximum atomic E-state index is 12.9. The molecule has 0 spiro atoms. The summed E-state index contributed by atoms with van der Waals surface area (Å²) in [4.78, 5) is 1.18. The van der Waals surface area contributed by atoms with E-state index in [2.05, 4.69) is 11.4 Å². The van der Waals surface area contributed by atoms with Gasteiger partial charge < -0.3 is 14.8 Å². The minimum Gasteiger partial charge on any atom is -0.490 e. The average molecular weight is 408 g/mol. The summed E-state index contributed by atoms with van der Waals surface area (Å²) in [7, 11) is 0. The standard InChI is InChI=1S/C21H22FNO2S.ClH/c1-2-24-21-12-17(14-23-13-16-5-8-18(22)9-6-16)7-10-20(21)25-15-19-4-3-11-26-19;/h3-12,23H,2,13-15H2,1H3;1H. The van der Waals surface area contributed by atoms with Gasteiger partial charge in [-0.1, -0.05) is 24.3 Å². The molecule has 0 saturated heterocycles. The fraction of sp³-hybridized carbons (Fsp3) is 0.238. The van der Waals surface area contributed by atoms with Gasteiger partial charge in [-0.15, -0.1) is 23.7 Å². The van der Waals surface area contributed by atoms with Crippen LogP contribution in [0.3, 0.4) is 0 Å². The normalized spacial score (nSPS) is 10.3. The summed E-state index contributed by atoms with van der Waals surface area (Å²) in [5.41, 5.74) is 2.16. The molecule has 1 aromatic heterocycles. The first kappa shape index (κ1) is 21.2. The highest BCUT2D eigenvalue weighted by molar-refractivity contribution is 7.09. The fourth-order valence-corrected chi connectivity index (χ4v) is 3.16. The van der Waals surface area contributed by atoms with Crippen molar-refractivity contribution in [3.05, 3.63) is 81.8 Å². The summed E-state index contributed by atoms with van der Waals surface area (Å²) in [6.45, 7) is 4.47. The molecule has 27 heavy (non-hydrogen) atoms. The second-order valence-electron chi connectivity index (χ2n) is 5.81. The molecule has 0 atom stereocenters. The van der Waals surface area contributed by atoms with Gasteiger partial charge in [0, 0.05) is 18.0 Å². The number of nitrogens with one attached hydrogen (secondary N) is 1. The zero-order valence-corrected chi connectivity index (χ0v) is 16.7. The first-order chi connectivity index (χ1) is 12.7. The Bertz CT molecular complexity index is 810. The molecule has 1 heterocycles. The summed E-state index contributed by atoms with van der Waals surface area (Å²) in [6.07, 6.45) is 0. The summed E-state index contributed by atoms with van der Waals surface area (Å²) in [5, 5.41) is 5.40. The molecule has 0 unspecified atom stereocenters. The van der Waals surface area contributed by atoms with Crippen LogP contribution in [0.1, 0.15) is 22.9 Å². The van der Waals surface area contributed by atoms with Crippen LogP contribution in [0.4, 0.5) is 4.39 Å². The van der Waals surface area contributed by atoms with Crippen LogP contribution < -0.4 is 14.8 Å². The van der Waals surface area contributed by atoms with Crippen molar-refractivity contribution in [2.75, 3.05) is 6.61 Å². The molecular weight excluding hydrogens is 385 g/mol. The number of ether oxygens (including phenoxy) is 2. The molecule has 0 fully saturated rings. The van der Waals surface area contributed by atoms with Gasteiger partial charge in [-0.25, -0.2) is 4.39 Å². The molecular formula is C21H23ClFNO2S. The van der Waals surface area contributed by atoms with Gasteiger partial charge in [0.1, 0.15) is 12.4 Å². The Labute approximate surface area is 169 Å². The monoisotopic (exact) mass is 407 g/mol. The first-order valence-electron chi connectivity index (χ1n) is 8.60. The van der Waals surface area contributed by atoms with E-state index in [0.29, 0.717) is 26.3 Å². The van der Waals surface area contributed by atoms with Crippen molar-refractivity contribution in [2.24, 2.45) is 0 Å². The van der Waals surface area contributed by atoms with E-state index >= 15 is 0 Å². The van der Waals surface area contributed by atoms with E-state index in [1.807, 2.05) is 36.6 Å². The second-order valence-corrected chi connectivity index (χ2v) is 6.84. The van der Waals surface area contributed by atoms with Gasteiger partial charge in [0.2, 0.25) is 0 Å². The van der Waals surface area contributed by atoms with Crippen LogP contribution in [-0.4, -0.2) is 6.61 Å². The molecule has 0 aliphatic heterocycles. The molecule has 0 radical (unpaired) electrons. The van der Waals surface area contributed by atoms with E-state index in [9.17, 15) is 4.39 Å². The highest BCUT2D eigenvalue weighted by Gasteiger charge is 2.07. The summed E-state index contributed by atoms with van der Waals surface area (Å²) >= 11 is 1.68. The van der Waals surface area contributed by atoms with Crippen molar-refractivity contribution >= 4 is 23.7 Å². The molecule has 3 nitrogen and oxygen atoms in total. The summed E-state index contributed by atoms with van der Waals surface area (Å²) < 4.78 is 24.6. The molecule has 1 N–H and O–H groups in total. The van der Waals surface area contributed by atoms with Crippen LogP contribution in [0, 0.1) is 5.82 Å². The van der Waals surface area contributed by atoms with E-state index in [1.54, 1.807) is 23.5 Å². The van der Waals surface area contributed by atoms with Crippen molar-refractivity contribution in [3.8, 4) is 11.5 Å². The molecule has 0 aliphatic carbocycles. The molecule has 0 saturated carbocycles. The number of hydrogen-bond donors (Lipinski definition) is 1. The second kappa shape index (κ2) is 10.9. The third kappa shape index (κ3) is 6.54. The maximum absolute atomic E-state index is 12.9. The zero-order chi connectivity index (χ0) is 18.2. The van der Waals surface area contributed by atoms with Crippen molar-refractivity contribution < 1.29 is 13.9 Å². The molecule has 6 heteroatoms. The predicted molar refractivity (Wildman–Crippen MR) is 110 cm³/mol. The topological polar surface area (TPSA) is 30.5 Å². The quantitative estimate of drug-likeness (QED) is 0.502. The van der Waals surface area contributed by atoms with Crippen molar-refractivity contribution in [1.29, 1.82) is 0 Å². The Morgan fingerprint density at radius 3 is 2.37 bits per heavy atom. The SMILES string of the molecule is CCOc1cc(CNCc2ccc(F)cc2)ccc1OCc1cccs1.Cl. The van der Waals surface area contributed by atoms with E-state index in [-0.39, 0.29) is 18.2 Å². The van der Waals surface area contributed by atoms with Crippen molar-refractivity contribution in [1.82, 2.24) is 5.32 Å². The number of benzene rings is 2. The highest BCUT2D eigenvalue weighted by Crippen LogP contribution is 2.29. The van der Waals surface area contributed by atoms with Gasteiger partial charge in [0.05, 0.1) is 6.61 Å². The summed E-state index contributed by atoms with van der Waals surface area (Å²) in [5.74, 6) is 1.29. The first-order valence-corrected chi connectivity index (χ1v) is 9.48. The highest BCUT2D eigenvalue weighted by atomic mass is 35.5. The average Bonchev–Trinajstić information content (AvgIpc) is 3.16. The molecule has 144 valence electrons. The van der Waals surface area contributed by atoms with E-state index in [1.165, 1.54) is 17.0 Å². The Balaban J connectivity index is 0.00000261. The molecule has 0 aliphatic rings. The van der Waals surface area contributed by atoms with Crippen LogP contribution in [0.2, 0.25) is 0 Å². The van der Waals surface area contributed by atoms with Gasteiger partial charge >= 0.3 is 0 Å². The summed E-state index contributed by atoms with van der Waals surface area (Å²) in [6, 6.07) is 16.6. The number of rotatable bonds is 9. The van der Waals surface area contributed by atoms with Crippen LogP contribution in [-0.2, 0) is 19.7 Å². The van der Waals surface area contributed by atoms with Gasteiger partial charge in [-0.3, -0.25) is 0 Å². The lowest BCUT2D eigenvalue weighted by Crippen LogP contribution is -2.13. The third-order valence-corrected chi connectivity index (χ3v) is 4.68. The Morgan fingerprint density at radius 1 is 0.926 bits per heavy atom. The third-order valence-electron chi connectivity index (χ3n) is 3.83. The Morgan fingerprint density at radius 2 is 1.67 bits per heavy atom. The van der Waals surface area contributed by atoms with Gasteiger partial charge in [-0.2, -0.15) is 0 Å². The zero-order valence-electron chi connectivity index (χ0n) is 15.1. The molecule has 2 aromatic carbocycles. The minimum absolute atomic E-state index is 0. The maximum Gasteiger partial charge on any atom is 0.161 e. The smallest absolute Gasteiger partial charge is 0.161 e. The van der Waals surface area contributed by atoms with Gasteiger partial charge in [0.25, 0.3) is 0 Å². The number of halogens is 2. The number of thiophene rings is 1. The minimum atomic E-state index is -0.215. The lowest BCUT2D eigenvalue weighted by atomic mass is 10.2. The van der Waals surface area contributed by atoms with Crippen LogP contribution >= 0.6 is 23.7 Å². The molecule has 3 rings (SSSR count). The van der Waals surface area contributed by atoms with Crippen LogP contribution in [0.15, 0.2) is 60.0 Å². The Hall–Kier alpha value is -2.08. The Kier molecular flexibility index (Phi) is 8.58. The molecule has 3 aromatic rings. The van der Waals surface area contributed by atoms with Gasteiger partial charge in [0.15, 0.2) is 11.5 Å². The lowest BCUT2D eigenvalue weighted by Gasteiger charge is -2.13. The van der Waals surface area contributed by atoms with Crippen molar-refractivity contribution in [3.63, 3.8) is 0 Å². The fourth-order valence-electron chi connectivity index (χ4n) is 2.55.